The van der Waals surface area contributed by atoms with Gasteiger partial charge in [-0.05, 0) is 42.8 Å². The summed E-state index contributed by atoms with van der Waals surface area (Å²) in [5.41, 5.74) is 1.000. The van der Waals surface area contributed by atoms with Crippen LogP contribution in [0, 0.1) is 5.82 Å². The van der Waals surface area contributed by atoms with Crippen LogP contribution in [0.4, 0.5) is 4.39 Å². The zero-order valence-electron chi connectivity index (χ0n) is 15.4. The van der Waals surface area contributed by atoms with Crippen LogP contribution in [0.1, 0.15) is 22.8 Å². The Balaban J connectivity index is 1.54. The third-order valence-corrected chi connectivity index (χ3v) is 4.63. The summed E-state index contributed by atoms with van der Waals surface area (Å²) in [5, 5.41) is 0. The van der Waals surface area contributed by atoms with E-state index in [1.165, 1.54) is 6.07 Å². The van der Waals surface area contributed by atoms with Crippen molar-refractivity contribution in [1.82, 2.24) is 9.80 Å². The Kier molecular flexibility index (Phi) is 6.06. The van der Waals surface area contributed by atoms with Gasteiger partial charge >= 0.3 is 0 Å². The molecule has 2 amide bonds. The maximum atomic E-state index is 13.7. The molecule has 0 radical (unpaired) electrons. The molecule has 0 aliphatic carbocycles. The molecule has 0 atom stereocenters. The molecule has 27 heavy (non-hydrogen) atoms. The molecule has 2 aromatic rings. The van der Waals surface area contributed by atoms with Gasteiger partial charge in [0.2, 0.25) is 5.91 Å². The first kappa shape index (κ1) is 18.9. The van der Waals surface area contributed by atoms with E-state index in [-0.39, 0.29) is 24.1 Å². The first-order valence-electron chi connectivity index (χ1n) is 9.12. The van der Waals surface area contributed by atoms with Crippen LogP contribution in [0.3, 0.4) is 0 Å². The lowest BCUT2D eigenvalue weighted by molar-refractivity contribution is -0.132. The van der Waals surface area contributed by atoms with E-state index in [9.17, 15) is 14.0 Å². The number of benzene rings is 2. The second kappa shape index (κ2) is 8.66. The second-order valence-corrected chi connectivity index (χ2v) is 6.40. The van der Waals surface area contributed by atoms with E-state index in [1.807, 2.05) is 6.92 Å². The van der Waals surface area contributed by atoms with Crippen molar-refractivity contribution in [2.24, 2.45) is 0 Å². The number of rotatable bonds is 5. The van der Waals surface area contributed by atoms with E-state index in [0.717, 1.165) is 5.75 Å². The Labute approximate surface area is 158 Å². The smallest absolute Gasteiger partial charge is 0.253 e. The number of piperazine rings is 1. The summed E-state index contributed by atoms with van der Waals surface area (Å²) >= 11 is 0. The fraction of sp³-hybridized carbons (Fsp3) is 0.333. The number of ether oxygens (including phenoxy) is 1. The summed E-state index contributed by atoms with van der Waals surface area (Å²) in [6.45, 7) is 4.33. The lowest BCUT2D eigenvalue weighted by Gasteiger charge is -2.35. The van der Waals surface area contributed by atoms with Crippen LogP contribution in [0.5, 0.6) is 5.75 Å². The van der Waals surface area contributed by atoms with Crippen molar-refractivity contribution in [3.8, 4) is 5.75 Å². The molecular weight excluding hydrogens is 347 g/mol. The fourth-order valence-corrected chi connectivity index (χ4v) is 3.12. The minimum atomic E-state index is -0.366. The average molecular weight is 370 g/mol. The van der Waals surface area contributed by atoms with Gasteiger partial charge in [-0.3, -0.25) is 9.59 Å². The van der Waals surface area contributed by atoms with Gasteiger partial charge in [-0.25, -0.2) is 4.39 Å². The van der Waals surface area contributed by atoms with Crippen molar-refractivity contribution >= 4 is 11.8 Å². The highest BCUT2D eigenvalue weighted by Crippen LogP contribution is 2.16. The molecule has 6 heteroatoms. The second-order valence-electron chi connectivity index (χ2n) is 6.40. The zero-order valence-corrected chi connectivity index (χ0v) is 15.4. The molecule has 3 rings (SSSR count). The van der Waals surface area contributed by atoms with Crippen molar-refractivity contribution in [2.45, 2.75) is 13.3 Å². The van der Waals surface area contributed by atoms with Crippen LogP contribution >= 0.6 is 0 Å². The number of nitrogens with zero attached hydrogens (tertiary/aromatic N) is 2. The fourth-order valence-electron chi connectivity index (χ4n) is 3.12. The molecule has 0 bridgehead atoms. The highest BCUT2D eigenvalue weighted by atomic mass is 19.1. The van der Waals surface area contributed by atoms with Crippen LogP contribution in [-0.2, 0) is 11.2 Å². The summed E-state index contributed by atoms with van der Waals surface area (Å²) in [5.74, 6) is 0.195. The topological polar surface area (TPSA) is 49.9 Å². The first-order chi connectivity index (χ1) is 13.1. The number of amides is 2. The van der Waals surface area contributed by atoms with Crippen molar-refractivity contribution in [3.05, 3.63) is 65.5 Å². The molecule has 0 unspecified atom stereocenters. The van der Waals surface area contributed by atoms with Crippen molar-refractivity contribution in [3.63, 3.8) is 0 Å². The minimum absolute atomic E-state index is 0.0412. The van der Waals surface area contributed by atoms with E-state index < -0.39 is 0 Å². The number of hydrogen-bond donors (Lipinski definition) is 0. The summed E-state index contributed by atoms with van der Waals surface area (Å²) < 4.78 is 19.1. The van der Waals surface area contributed by atoms with E-state index >= 15 is 0 Å². The molecule has 0 spiro atoms. The summed E-state index contributed by atoms with van der Waals surface area (Å²) in [4.78, 5) is 28.4. The molecule has 1 saturated heterocycles. The van der Waals surface area contributed by atoms with Crippen LogP contribution < -0.4 is 4.74 Å². The monoisotopic (exact) mass is 370 g/mol. The number of halogens is 1. The van der Waals surface area contributed by atoms with Crippen molar-refractivity contribution < 1.29 is 18.7 Å². The van der Waals surface area contributed by atoms with Gasteiger partial charge < -0.3 is 14.5 Å². The van der Waals surface area contributed by atoms with Gasteiger partial charge in [-0.1, -0.05) is 18.2 Å². The van der Waals surface area contributed by atoms with Gasteiger partial charge in [0.05, 0.1) is 13.0 Å². The summed E-state index contributed by atoms with van der Waals surface area (Å²) in [6.07, 6.45) is 0.0412. The van der Waals surface area contributed by atoms with Gasteiger partial charge in [-0.2, -0.15) is 0 Å². The average Bonchev–Trinajstić information content (AvgIpc) is 2.70. The Morgan fingerprint density at radius 2 is 1.59 bits per heavy atom. The number of hydrogen-bond acceptors (Lipinski definition) is 3. The Hall–Kier alpha value is -2.89. The molecule has 0 saturated carbocycles. The minimum Gasteiger partial charge on any atom is -0.494 e. The van der Waals surface area contributed by atoms with E-state index in [0.29, 0.717) is 43.9 Å². The molecule has 1 fully saturated rings. The molecule has 1 heterocycles. The zero-order chi connectivity index (χ0) is 19.2. The predicted octanol–water partition coefficient (Wildman–Crippen LogP) is 2.75. The SMILES string of the molecule is CCOc1ccc(C(=O)N2CCN(C(=O)Cc3ccccc3F)CC2)cc1. The molecule has 5 nitrogen and oxygen atoms in total. The van der Waals surface area contributed by atoms with E-state index in [4.69, 9.17) is 4.74 Å². The van der Waals surface area contributed by atoms with Gasteiger partial charge in [0.1, 0.15) is 11.6 Å². The van der Waals surface area contributed by atoms with Gasteiger partial charge in [0.15, 0.2) is 0 Å². The van der Waals surface area contributed by atoms with Gasteiger partial charge in [0.25, 0.3) is 5.91 Å². The lowest BCUT2D eigenvalue weighted by Crippen LogP contribution is -2.51. The first-order valence-corrected chi connectivity index (χ1v) is 9.12. The molecule has 1 aliphatic rings. The predicted molar refractivity (Wildman–Crippen MR) is 100 cm³/mol. The Bertz CT molecular complexity index is 799. The molecule has 0 N–H and O–H groups in total. The standard InChI is InChI=1S/C21H23FN2O3/c1-2-27-18-9-7-16(8-10-18)21(26)24-13-11-23(12-14-24)20(25)15-17-5-3-4-6-19(17)22/h3-10H,2,11-15H2,1H3. The number of carbonyl (C=O) groups is 2. The molecular formula is C21H23FN2O3. The number of carbonyl (C=O) groups excluding carboxylic acids is 2. The molecule has 142 valence electrons. The third-order valence-electron chi connectivity index (χ3n) is 4.63. The Morgan fingerprint density at radius 1 is 0.963 bits per heavy atom. The quantitative estimate of drug-likeness (QED) is 0.813. The summed E-state index contributed by atoms with van der Waals surface area (Å²) in [7, 11) is 0. The van der Waals surface area contributed by atoms with Gasteiger partial charge in [-0.15, -0.1) is 0 Å². The highest BCUT2D eigenvalue weighted by Gasteiger charge is 2.25. The van der Waals surface area contributed by atoms with E-state index in [1.54, 1.807) is 52.3 Å². The highest BCUT2D eigenvalue weighted by molar-refractivity contribution is 5.94. The molecule has 1 aliphatic heterocycles. The van der Waals surface area contributed by atoms with Crippen LogP contribution in [0.25, 0.3) is 0 Å². The normalized spacial score (nSPS) is 14.1. The Morgan fingerprint density at radius 3 is 2.22 bits per heavy atom. The van der Waals surface area contributed by atoms with Crippen LogP contribution in [0.15, 0.2) is 48.5 Å². The van der Waals surface area contributed by atoms with Crippen LogP contribution in [-0.4, -0.2) is 54.4 Å². The van der Waals surface area contributed by atoms with Gasteiger partial charge in [0, 0.05) is 31.7 Å². The summed E-state index contributed by atoms with van der Waals surface area (Å²) in [6, 6.07) is 13.4. The van der Waals surface area contributed by atoms with Crippen LogP contribution in [0.2, 0.25) is 0 Å². The maximum Gasteiger partial charge on any atom is 0.253 e. The molecule has 0 aromatic heterocycles. The largest absolute Gasteiger partial charge is 0.494 e. The van der Waals surface area contributed by atoms with Crippen molar-refractivity contribution in [2.75, 3.05) is 32.8 Å². The van der Waals surface area contributed by atoms with Crippen molar-refractivity contribution in [1.29, 1.82) is 0 Å². The van der Waals surface area contributed by atoms with E-state index in [2.05, 4.69) is 0 Å². The third kappa shape index (κ3) is 4.64. The molecule has 2 aromatic carbocycles. The maximum absolute atomic E-state index is 13.7. The lowest BCUT2D eigenvalue weighted by atomic mass is 10.1.